The molecule has 4 heteroatoms. The average Bonchev–Trinajstić information content (AvgIpc) is 2.94. The molecule has 1 heterocycles. The Labute approximate surface area is 146 Å². The van der Waals surface area contributed by atoms with Gasteiger partial charge in [-0.1, -0.05) is 44.2 Å². The third kappa shape index (κ3) is 5.85. The summed E-state index contributed by atoms with van der Waals surface area (Å²) in [5, 5.41) is 3.55. The number of halogens is 1. The van der Waals surface area contributed by atoms with Crippen LogP contribution >= 0.6 is 24.0 Å². The Kier molecular flexibility index (Phi) is 7.49. The fraction of sp³-hybridized carbons (Fsp3) is 0.588. The van der Waals surface area contributed by atoms with E-state index in [-0.39, 0.29) is 29.4 Å². The third-order valence-corrected chi connectivity index (χ3v) is 3.87. The number of hydrogen-bond acceptors (Lipinski definition) is 1. The minimum absolute atomic E-state index is 0. The average molecular weight is 401 g/mol. The largest absolute Gasteiger partial charge is 0.356 e. The van der Waals surface area contributed by atoms with Gasteiger partial charge in [-0.05, 0) is 30.2 Å². The van der Waals surface area contributed by atoms with E-state index in [2.05, 4.69) is 59.4 Å². The zero-order chi connectivity index (χ0) is 14.4. The van der Waals surface area contributed by atoms with Gasteiger partial charge >= 0.3 is 0 Å². The Morgan fingerprint density at radius 3 is 2.38 bits per heavy atom. The van der Waals surface area contributed by atoms with Crippen LogP contribution in [0.2, 0.25) is 0 Å². The van der Waals surface area contributed by atoms with Gasteiger partial charge in [-0.3, -0.25) is 4.99 Å². The molecule has 1 saturated heterocycles. The second-order valence-electron chi connectivity index (χ2n) is 6.42. The summed E-state index contributed by atoms with van der Waals surface area (Å²) >= 11 is 0. The van der Waals surface area contributed by atoms with Crippen molar-refractivity contribution in [1.82, 2.24) is 10.2 Å². The predicted octanol–water partition coefficient (Wildman–Crippen LogP) is 3.54. The Morgan fingerprint density at radius 2 is 1.81 bits per heavy atom. The number of benzene rings is 1. The van der Waals surface area contributed by atoms with Crippen LogP contribution in [0.15, 0.2) is 35.3 Å². The zero-order valence-electron chi connectivity index (χ0n) is 13.4. The lowest BCUT2D eigenvalue weighted by atomic mass is 9.86. The molecule has 118 valence electrons. The molecule has 1 aliphatic heterocycles. The summed E-state index contributed by atoms with van der Waals surface area (Å²) in [6.45, 7) is 7.84. The van der Waals surface area contributed by atoms with Gasteiger partial charge in [-0.25, -0.2) is 0 Å². The maximum atomic E-state index is 4.41. The van der Waals surface area contributed by atoms with Crippen LogP contribution in [0.4, 0.5) is 0 Å². The Balaban J connectivity index is 0.00000220. The maximum Gasteiger partial charge on any atom is 0.193 e. The lowest BCUT2D eigenvalue weighted by Gasteiger charge is -2.28. The van der Waals surface area contributed by atoms with Gasteiger partial charge in [-0.2, -0.15) is 0 Å². The van der Waals surface area contributed by atoms with Crippen LogP contribution in [-0.2, 0) is 6.42 Å². The topological polar surface area (TPSA) is 27.6 Å². The minimum atomic E-state index is 0. The second kappa shape index (κ2) is 8.61. The molecule has 1 N–H and O–H groups in total. The monoisotopic (exact) mass is 401 g/mol. The zero-order valence-corrected chi connectivity index (χ0v) is 15.8. The van der Waals surface area contributed by atoms with Crippen LogP contribution < -0.4 is 5.32 Å². The van der Waals surface area contributed by atoms with E-state index < -0.39 is 0 Å². The number of rotatable bonds is 4. The minimum Gasteiger partial charge on any atom is -0.356 e. The second-order valence-corrected chi connectivity index (χ2v) is 6.42. The van der Waals surface area contributed by atoms with Crippen LogP contribution in [0, 0.1) is 5.41 Å². The van der Waals surface area contributed by atoms with Gasteiger partial charge in [-0.15, -0.1) is 24.0 Å². The summed E-state index contributed by atoms with van der Waals surface area (Å²) in [7, 11) is 1.88. The molecule has 1 fully saturated rings. The summed E-state index contributed by atoms with van der Waals surface area (Å²) in [5.41, 5.74) is 1.62. The number of aliphatic imine (C=N–C) groups is 1. The van der Waals surface area contributed by atoms with E-state index >= 15 is 0 Å². The van der Waals surface area contributed by atoms with Gasteiger partial charge in [0.15, 0.2) is 5.96 Å². The normalized spacial score (nSPS) is 15.8. The highest BCUT2D eigenvalue weighted by Gasteiger charge is 2.21. The molecule has 0 atom stereocenters. The van der Waals surface area contributed by atoms with E-state index in [1.54, 1.807) is 0 Å². The molecule has 2 rings (SSSR count). The van der Waals surface area contributed by atoms with Crippen LogP contribution in [0.1, 0.15) is 32.3 Å². The molecular weight excluding hydrogens is 373 g/mol. The number of guanidine groups is 1. The van der Waals surface area contributed by atoms with Crippen molar-refractivity contribution in [2.24, 2.45) is 10.4 Å². The highest BCUT2D eigenvalue weighted by molar-refractivity contribution is 14.0. The van der Waals surface area contributed by atoms with Crippen LogP contribution in [0.5, 0.6) is 0 Å². The van der Waals surface area contributed by atoms with Crippen molar-refractivity contribution < 1.29 is 0 Å². The first kappa shape index (κ1) is 18.3. The van der Waals surface area contributed by atoms with Crippen molar-refractivity contribution in [1.29, 1.82) is 0 Å². The van der Waals surface area contributed by atoms with Gasteiger partial charge in [0, 0.05) is 26.7 Å². The quantitative estimate of drug-likeness (QED) is 0.475. The molecule has 0 aromatic heterocycles. The highest BCUT2D eigenvalue weighted by atomic mass is 127. The first-order valence-electron chi connectivity index (χ1n) is 7.60. The Bertz CT molecular complexity index is 437. The first-order valence-corrected chi connectivity index (χ1v) is 7.60. The molecule has 0 unspecified atom stereocenters. The summed E-state index contributed by atoms with van der Waals surface area (Å²) < 4.78 is 0. The molecule has 1 aliphatic rings. The van der Waals surface area contributed by atoms with Crippen molar-refractivity contribution >= 4 is 29.9 Å². The third-order valence-electron chi connectivity index (χ3n) is 3.87. The van der Waals surface area contributed by atoms with Gasteiger partial charge in [0.25, 0.3) is 0 Å². The fourth-order valence-electron chi connectivity index (χ4n) is 2.79. The van der Waals surface area contributed by atoms with Crippen molar-refractivity contribution in [3.8, 4) is 0 Å². The molecule has 3 nitrogen and oxygen atoms in total. The first-order chi connectivity index (χ1) is 9.61. The van der Waals surface area contributed by atoms with Crippen molar-refractivity contribution in [3.05, 3.63) is 35.9 Å². The molecule has 21 heavy (non-hydrogen) atoms. The van der Waals surface area contributed by atoms with Crippen LogP contribution in [-0.4, -0.2) is 37.5 Å². The molecule has 0 saturated carbocycles. The Morgan fingerprint density at radius 1 is 1.19 bits per heavy atom. The van der Waals surface area contributed by atoms with Gasteiger partial charge in [0.2, 0.25) is 0 Å². The summed E-state index contributed by atoms with van der Waals surface area (Å²) in [4.78, 5) is 6.77. The summed E-state index contributed by atoms with van der Waals surface area (Å²) in [6, 6.07) is 10.7. The van der Waals surface area contributed by atoms with Gasteiger partial charge in [0.1, 0.15) is 0 Å². The fourth-order valence-corrected chi connectivity index (χ4v) is 2.79. The number of hydrogen-bond donors (Lipinski definition) is 1. The lowest BCUT2D eigenvalue weighted by Crippen LogP contribution is -2.44. The number of nitrogens with zero attached hydrogens (tertiary/aromatic N) is 2. The Hall–Kier alpha value is -0.780. The molecule has 0 spiro atoms. The van der Waals surface area contributed by atoms with E-state index in [0.29, 0.717) is 0 Å². The van der Waals surface area contributed by atoms with Crippen molar-refractivity contribution in [3.63, 3.8) is 0 Å². The number of nitrogens with one attached hydrogen (secondary N) is 1. The molecule has 0 bridgehead atoms. The van der Waals surface area contributed by atoms with Crippen molar-refractivity contribution in [2.45, 2.75) is 33.1 Å². The molecular formula is C17H28IN3. The molecule has 0 aliphatic carbocycles. The van der Waals surface area contributed by atoms with E-state index in [0.717, 1.165) is 32.0 Å². The number of likely N-dealkylation sites (tertiary alicyclic amines) is 1. The van der Waals surface area contributed by atoms with E-state index in [1.165, 1.54) is 18.4 Å². The lowest BCUT2D eigenvalue weighted by molar-refractivity contribution is 0.351. The SMILES string of the molecule is CN=C(NCC(C)(C)Cc1ccccc1)N1CCCC1.I. The van der Waals surface area contributed by atoms with Gasteiger partial charge < -0.3 is 10.2 Å². The van der Waals surface area contributed by atoms with Gasteiger partial charge in [0.05, 0.1) is 0 Å². The highest BCUT2D eigenvalue weighted by Crippen LogP contribution is 2.21. The van der Waals surface area contributed by atoms with Crippen LogP contribution in [0.3, 0.4) is 0 Å². The molecule has 0 amide bonds. The summed E-state index contributed by atoms with van der Waals surface area (Å²) in [6.07, 6.45) is 3.65. The molecule has 1 aromatic rings. The van der Waals surface area contributed by atoms with E-state index in [4.69, 9.17) is 0 Å². The molecule has 0 radical (unpaired) electrons. The van der Waals surface area contributed by atoms with E-state index in [1.807, 2.05) is 7.05 Å². The summed E-state index contributed by atoms with van der Waals surface area (Å²) in [5.74, 6) is 1.06. The predicted molar refractivity (Wildman–Crippen MR) is 102 cm³/mol. The smallest absolute Gasteiger partial charge is 0.193 e. The van der Waals surface area contributed by atoms with E-state index in [9.17, 15) is 0 Å². The van der Waals surface area contributed by atoms with Crippen molar-refractivity contribution in [2.75, 3.05) is 26.7 Å². The standard InChI is InChI=1S/C17H27N3.HI/c1-17(2,13-15-9-5-4-6-10-15)14-19-16(18-3)20-11-7-8-12-20;/h4-6,9-10H,7-8,11-14H2,1-3H3,(H,18,19);1H. The van der Waals surface area contributed by atoms with Crippen LogP contribution in [0.25, 0.3) is 0 Å². The molecule has 1 aromatic carbocycles. The maximum absolute atomic E-state index is 4.41.